The van der Waals surface area contributed by atoms with Crippen molar-refractivity contribution in [3.63, 3.8) is 0 Å². The Labute approximate surface area is 80.0 Å². The normalized spacial score (nSPS) is 17.5. The lowest BCUT2D eigenvalue weighted by Crippen LogP contribution is -2.11. The molecule has 60 valence electrons. The van der Waals surface area contributed by atoms with Gasteiger partial charge >= 0.3 is 0 Å². The third-order valence-corrected chi connectivity index (χ3v) is 2.30. The largest absolute Gasteiger partial charge is 0.123 e. The molecular formula is C6H11Cl3Si. The fourth-order valence-corrected chi connectivity index (χ4v) is 1.39. The van der Waals surface area contributed by atoms with Gasteiger partial charge in [0.05, 0.1) is 4.87 Å². The van der Waals surface area contributed by atoms with Gasteiger partial charge in [0, 0.05) is 20.3 Å². The molecule has 0 aliphatic rings. The third kappa shape index (κ3) is 4.61. The van der Waals surface area contributed by atoms with Gasteiger partial charge in [0.2, 0.25) is 0 Å². The number of halogens is 3. The molecule has 0 aromatic rings. The summed E-state index contributed by atoms with van der Waals surface area (Å²) in [5.74, 6) is 0. The minimum atomic E-state index is -0.473. The number of alkyl halides is 2. The Morgan fingerprint density at radius 2 is 2.00 bits per heavy atom. The van der Waals surface area contributed by atoms with E-state index in [9.17, 15) is 0 Å². The first-order valence-corrected chi connectivity index (χ1v) is 5.39. The van der Waals surface area contributed by atoms with E-state index in [1.807, 2.05) is 13.8 Å². The van der Waals surface area contributed by atoms with Gasteiger partial charge in [-0.15, -0.1) is 23.2 Å². The lowest BCUT2D eigenvalue weighted by Gasteiger charge is -2.14. The van der Waals surface area contributed by atoms with Crippen LogP contribution in [0.2, 0.25) is 0 Å². The number of hydrogen-bond donors (Lipinski definition) is 0. The Balaban J connectivity index is 4.20. The Morgan fingerprint density at radius 1 is 1.60 bits per heavy atom. The van der Waals surface area contributed by atoms with Gasteiger partial charge in [-0.1, -0.05) is 17.7 Å². The lowest BCUT2D eigenvalue weighted by atomic mass is 10.2. The predicted octanol–water partition coefficient (Wildman–Crippen LogP) is 2.06. The van der Waals surface area contributed by atoms with Crippen molar-refractivity contribution < 1.29 is 0 Å². The molecule has 0 radical (unpaired) electrons. The van der Waals surface area contributed by atoms with Crippen molar-refractivity contribution >= 4 is 45.0 Å². The molecule has 10 heavy (non-hydrogen) atoms. The van der Waals surface area contributed by atoms with Crippen LogP contribution in [0.3, 0.4) is 0 Å². The van der Waals surface area contributed by atoms with E-state index in [0.29, 0.717) is 5.03 Å². The number of allylic oxidation sites excluding steroid dienone is 2. The lowest BCUT2D eigenvalue weighted by molar-refractivity contribution is 0.861. The van der Waals surface area contributed by atoms with E-state index in [-0.39, 0.29) is 5.00 Å². The van der Waals surface area contributed by atoms with Gasteiger partial charge in [0.15, 0.2) is 0 Å². The molecule has 0 N–H and O–H groups in total. The molecule has 0 bridgehead atoms. The Morgan fingerprint density at radius 3 is 2.10 bits per heavy atom. The molecule has 4 heteroatoms. The highest BCUT2D eigenvalue weighted by atomic mass is 35.5. The van der Waals surface area contributed by atoms with Crippen LogP contribution in [0.25, 0.3) is 0 Å². The van der Waals surface area contributed by atoms with Crippen LogP contribution in [0, 0.1) is 0 Å². The zero-order valence-electron chi connectivity index (χ0n) is 6.29. The van der Waals surface area contributed by atoms with Crippen LogP contribution in [0.5, 0.6) is 0 Å². The van der Waals surface area contributed by atoms with Crippen LogP contribution in [0.15, 0.2) is 11.1 Å². The average Bonchev–Trinajstić information content (AvgIpc) is 1.60. The van der Waals surface area contributed by atoms with Crippen molar-refractivity contribution in [3.8, 4) is 0 Å². The zero-order chi connectivity index (χ0) is 8.36. The number of rotatable bonds is 2. The van der Waals surface area contributed by atoms with Gasteiger partial charge in [-0.05, 0) is 13.8 Å². The molecule has 1 atom stereocenters. The van der Waals surface area contributed by atoms with Crippen molar-refractivity contribution in [2.24, 2.45) is 0 Å². The molecule has 0 saturated heterocycles. The van der Waals surface area contributed by atoms with E-state index < -0.39 is 4.87 Å². The van der Waals surface area contributed by atoms with Gasteiger partial charge in [-0.3, -0.25) is 0 Å². The first kappa shape index (κ1) is 10.8. The summed E-state index contributed by atoms with van der Waals surface area (Å²) < 4.78 is 0. The van der Waals surface area contributed by atoms with Crippen molar-refractivity contribution in [2.75, 3.05) is 0 Å². The van der Waals surface area contributed by atoms with Crippen molar-refractivity contribution in [3.05, 3.63) is 11.1 Å². The third-order valence-electron chi connectivity index (χ3n) is 0.944. The van der Waals surface area contributed by atoms with Gasteiger partial charge in [-0.25, -0.2) is 0 Å². The highest BCUT2D eigenvalue weighted by molar-refractivity contribution is 6.44. The van der Waals surface area contributed by atoms with Crippen LogP contribution in [0.4, 0.5) is 0 Å². The molecule has 0 aromatic heterocycles. The predicted molar refractivity (Wildman–Crippen MR) is 53.4 cm³/mol. The molecule has 0 nitrogen and oxygen atoms in total. The molecule has 0 amide bonds. The number of hydrogen-bond acceptors (Lipinski definition) is 0. The SMILES string of the molecule is CC(C)(Cl)C(Cl)=CC([SiH3])Cl. The maximum absolute atomic E-state index is 5.88. The summed E-state index contributed by atoms with van der Waals surface area (Å²) >= 11 is 17.4. The zero-order valence-corrected chi connectivity index (χ0v) is 10.6. The Hall–Kier alpha value is 0.827. The van der Waals surface area contributed by atoms with E-state index in [0.717, 1.165) is 10.2 Å². The van der Waals surface area contributed by atoms with E-state index >= 15 is 0 Å². The topological polar surface area (TPSA) is 0 Å². The minimum Gasteiger partial charge on any atom is -0.123 e. The molecule has 0 heterocycles. The minimum absolute atomic E-state index is 0.0746. The molecule has 0 saturated carbocycles. The van der Waals surface area contributed by atoms with Gasteiger partial charge in [0.25, 0.3) is 0 Å². The van der Waals surface area contributed by atoms with E-state index in [1.54, 1.807) is 6.08 Å². The molecule has 0 aromatic carbocycles. The first-order chi connectivity index (χ1) is 4.34. The van der Waals surface area contributed by atoms with Crippen LogP contribution in [-0.2, 0) is 0 Å². The summed E-state index contributed by atoms with van der Waals surface area (Å²) in [7, 11) is 0.896. The highest BCUT2D eigenvalue weighted by Gasteiger charge is 2.17. The summed E-state index contributed by atoms with van der Waals surface area (Å²) in [6.45, 7) is 3.68. The van der Waals surface area contributed by atoms with Gasteiger partial charge in [0.1, 0.15) is 0 Å². The van der Waals surface area contributed by atoms with Crippen LogP contribution in [0.1, 0.15) is 13.8 Å². The quantitative estimate of drug-likeness (QED) is 0.491. The Bertz CT molecular complexity index is 134. The van der Waals surface area contributed by atoms with E-state index in [4.69, 9.17) is 34.8 Å². The smallest absolute Gasteiger partial charge is 0.0742 e. The molecule has 0 fully saturated rings. The fourth-order valence-electron chi connectivity index (χ4n) is 0.400. The Kier molecular flexibility index (Phi) is 4.34. The molecule has 0 aliphatic heterocycles. The summed E-state index contributed by atoms with van der Waals surface area (Å²) in [5, 5.41) is 0.703. The second-order valence-electron chi connectivity index (χ2n) is 2.66. The summed E-state index contributed by atoms with van der Waals surface area (Å²) in [6, 6.07) is 0. The summed E-state index contributed by atoms with van der Waals surface area (Å²) in [4.78, 5) is -0.473. The monoisotopic (exact) mass is 216 g/mol. The first-order valence-electron chi connectivity index (χ1n) is 3.05. The fraction of sp³-hybridized carbons (Fsp3) is 0.667. The molecular weight excluding hydrogens is 207 g/mol. The van der Waals surface area contributed by atoms with Crippen molar-refractivity contribution in [1.82, 2.24) is 0 Å². The van der Waals surface area contributed by atoms with Crippen LogP contribution < -0.4 is 0 Å². The van der Waals surface area contributed by atoms with Crippen molar-refractivity contribution in [2.45, 2.75) is 23.7 Å². The highest BCUT2D eigenvalue weighted by Crippen LogP contribution is 2.27. The molecule has 0 rings (SSSR count). The summed E-state index contributed by atoms with van der Waals surface area (Å²) in [6.07, 6.45) is 1.79. The van der Waals surface area contributed by atoms with Gasteiger partial charge < -0.3 is 0 Å². The maximum Gasteiger partial charge on any atom is 0.0742 e. The van der Waals surface area contributed by atoms with E-state index in [1.165, 1.54) is 0 Å². The van der Waals surface area contributed by atoms with Crippen molar-refractivity contribution in [1.29, 1.82) is 0 Å². The van der Waals surface area contributed by atoms with Crippen LogP contribution in [-0.4, -0.2) is 20.1 Å². The molecule has 0 aliphatic carbocycles. The van der Waals surface area contributed by atoms with Crippen LogP contribution >= 0.6 is 34.8 Å². The summed E-state index contributed by atoms with van der Waals surface area (Å²) in [5.41, 5.74) is 0. The standard InChI is InChI=1S/C6H11Cl3Si/c1-6(2,9)4(7)3-5(8)10/h3,5H,1-2,10H3. The second kappa shape index (κ2) is 4.00. The van der Waals surface area contributed by atoms with Gasteiger partial charge in [-0.2, -0.15) is 0 Å². The average molecular weight is 218 g/mol. The van der Waals surface area contributed by atoms with E-state index in [2.05, 4.69) is 0 Å². The molecule has 0 spiro atoms. The molecule has 1 unspecified atom stereocenters. The maximum atomic E-state index is 5.88. The second-order valence-corrected chi connectivity index (χ2v) is 6.68.